The standard InChI is InChI=1S/C12H18N2O/c1-10-4-2-7-14-12(10)15-9-11-5-3-6-13-8-11/h2,4,7,11,13H,3,5-6,8-9H2,1H3. The van der Waals surface area contributed by atoms with Crippen molar-refractivity contribution in [1.82, 2.24) is 10.3 Å². The monoisotopic (exact) mass is 206 g/mol. The summed E-state index contributed by atoms with van der Waals surface area (Å²) in [7, 11) is 0. The molecule has 2 rings (SSSR count). The van der Waals surface area contributed by atoms with Crippen LogP contribution >= 0.6 is 0 Å². The molecule has 0 radical (unpaired) electrons. The maximum Gasteiger partial charge on any atom is 0.216 e. The van der Waals surface area contributed by atoms with E-state index in [2.05, 4.69) is 10.3 Å². The Morgan fingerprint density at radius 3 is 3.27 bits per heavy atom. The Kier molecular flexibility index (Phi) is 3.56. The highest BCUT2D eigenvalue weighted by Crippen LogP contribution is 2.15. The van der Waals surface area contributed by atoms with Gasteiger partial charge in [0.05, 0.1) is 6.61 Å². The molecule has 0 amide bonds. The van der Waals surface area contributed by atoms with Crippen LogP contribution in [0.15, 0.2) is 18.3 Å². The highest BCUT2D eigenvalue weighted by Gasteiger charge is 2.13. The number of aromatic nitrogens is 1. The Balaban J connectivity index is 1.84. The van der Waals surface area contributed by atoms with Gasteiger partial charge >= 0.3 is 0 Å². The smallest absolute Gasteiger partial charge is 0.216 e. The van der Waals surface area contributed by atoms with Crippen LogP contribution in [-0.2, 0) is 0 Å². The van der Waals surface area contributed by atoms with E-state index in [9.17, 15) is 0 Å². The summed E-state index contributed by atoms with van der Waals surface area (Å²) >= 11 is 0. The second-order valence-corrected chi connectivity index (χ2v) is 4.15. The maximum atomic E-state index is 5.73. The molecule has 1 aliphatic heterocycles. The zero-order valence-electron chi connectivity index (χ0n) is 9.20. The second kappa shape index (κ2) is 5.12. The summed E-state index contributed by atoms with van der Waals surface area (Å²) in [4.78, 5) is 4.22. The summed E-state index contributed by atoms with van der Waals surface area (Å²) in [6.07, 6.45) is 4.30. The third-order valence-corrected chi connectivity index (χ3v) is 2.82. The van der Waals surface area contributed by atoms with Crippen LogP contribution in [0.5, 0.6) is 5.88 Å². The molecule has 0 saturated carbocycles. The van der Waals surface area contributed by atoms with Crippen molar-refractivity contribution in [1.29, 1.82) is 0 Å². The molecule has 0 aromatic carbocycles. The molecule has 1 aliphatic rings. The molecule has 1 N–H and O–H groups in total. The molecule has 3 heteroatoms. The van der Waals surface area contributed by atoms with Gasteiger partial charge in [-0.2, -0.15) is 0 Å². The quantitative estimate of drug-likeness (QED) is 0.818. The van der Waals surface area contributed by atoms with E-state index >= 15 is 0 Å². The van der Waals surface area contributed by atoms with E-state index in [-0.39, 0.29) is 0 Å². The summed E-state index contributed by atoms with van der Waals surface area (Å²) in [6, 6.07) is 3.96. The van der Waals surface area contributed by atoms with Gasteiger partial charge in [-0.15, -0.1) is 0 Å². The van der Waals surface area contributed by atoms with Crippen molar-refractivity contribution in [3.8, 4) is 5.88 Å². The third kappa shape index (κ3) is 2.93. The van der Waals surface area contributed by atoms with Gasteiger partial charge in [0.25, 0.3) is 0 Å². The SMILES string of the molecule is Cc1cccnc1OCC1CCCNC1. The fourth-order valence-electron chi connectivity index (χ4n) is 1.89. The van der Waals surface area contributed by atoms with Gasteiger partial charge in [0.1, 0.15) is 0 Å². The Bertz CT molecular complexity index is 308. The summed E-state index contributed by atoms with van der Waals surface area (Å²) < 4.78 is 5.73. The fourth-order valence-corrected chi connectivity index (χ4v) is 1.89. The predicted octanol–water partition coefficient (Wildman–Crippen LogP) is 1.77. The van der Waals surface area contributed by atoms with Crippen molar-refractivity contribution in [2.24, 2.45) is 5.92 Å². The van der Waals surface area contributed by atoms with E-state index in [0.29, 0.717) is 5.92 Å². The summed E-state index contributed by atoms with van der Waals surface area (Å²) in [5, 5.41) is 3.39. The molecule has 15 heavy (non-hydrogen) atoms. The average molecular weight is 206 g/mol. The predicted molar refractivity (Wildman–Crippen MR) is 60.1 cm³/mol. The Labute approximate surface area is 90.9 Å². The first-order valence-electron chi connectivity index (χ1n) is 5.61. The average Bonchev–Trinajstić information content (AvgIpc) is 2.29. The molecule has 1 aromatic heterocycles. The van der Waals surface area contributed by atoms with Gasteiger partial charge < -0.3 is 10.1 Å². The van der Waals surface area contributed by atoms with Crippen molar-refractivity contribution >= 4 is 0 Å². The largest absolute Gasteiger partial charge is 0.477 e. The molecule has 3 nitrogen and oxygen atoms in total. The first-order chi connectivity index (χ1) is 7.36. The minimum Gasteiger partial charge on any atom is -0.477 e. The minimum absolute atomic E-state index is 0.639. The lowest BCUT2D eigenvalue weighted by atomic mass is 10.0. The second-order valence-electron chi connectivity index (χ2n) is 4.15. The van der Waals surface area contributed by atoms with Gasteiger partial charge in [-0.3, -0.25) is 0 Å². The highest BCUT2D eigenvalue weighted by molar-refractivity contribution is 5.23. The number of nitrogens with zero attached hydrogens (tertiary/aromatic N) is 1. The number of hydrogen-bond donors (Lipinski definition) is 1. The molecule has 0 bridgehead atoms. The molecule has 1 saturated heterocycles. The summed E-state index contributed by atoms with van der Waals surface area (Å²) in [5.74, 6) is 1.42. The van der Waals surface area contributed by atoms with Crippen molar-refractivity contribution in [2.75, 3.05) is 19.7 Å². The number of nitrogens with one attached hydrogen (secondary N) is 1. The minimum atomic E-state index is 0.639. The molecule has 1 aromatic rings. The number of aryl methyl sites for hydroxylation is 1. The van der Waals surface area contributed by atoms with Crippen molar-refractivity contribution < 1.29 is 4.74 Å². The molecule has 82 valence electrons. The van der Waals surface area contributed by atoms with Crippen LogP contribution in [0.4, 0.5) is 0 Å². The zero-order valence-corrected chi connectivity index (χ0v) is 9.20. The Hall–Kier alpha value is -1.09. The van der Waals surface area contributed by atoms with Gasteiger partial charge in [0.2, 0.25) is 5.88 Å². The first kappa shape index (κ1) is 10.4. The molecular formula is C12H18N2O. The van der Waals surface area contributed by atoms with E-state index in [0.717, 1.165) is 31.1 Å². The number of pyridine rings is 1. The van der Waals surface area contributed by atoms with Crippen LogP contribution in [0.25, 0.3) is 0 Å². The number of rotatable bonds is 3. The van der Waals surface area contributed by atoms with Gasteiger partial charge in [-0.25, -0.2) is 4.98 Å². The normalized spacial score (nSPS) is 21.3. The number of piperidine rings is 1. The van der Waals surface area contributed by atoms with E-state index in [1.54, 1.807) is 6.20 Å². The van der Waals surface area contributed by atoms with Crippen LogP contribution in [0.2, 0.25) is 0 Å². The topological polar surface area (TPSA) is 34.1 Å². The zero-order chi connectivity index (χ0) is 10.5. The fraction of sp³-hybridized carbons (Fsp3) is 0.583. The Morgan fingerprint density at radius 1 is 1.60 bits per heavy atom. The lowest BCUT2D eigenvalue weighted by Gasteiger charge is -2.22. The van der Waals surface area contributed by atoms with Gasteiger partial charge in [0.15, 0.2) is 0 Å². The number of hydrogen-bond acceptors (Lipinski definition) is 3. The van der Waals surface area contributed by atoms with Gasteiger partial charge in [0, 0.05) is 24.2 Å². The summed E-state index contributed by atoms with van der Waals surface area (Å²) in [6.45, 7) is 5.04. The van der Waals surface area contributed by atoms with E-state index in [1.807, 2.05) is 19.1 Å². The maximum absolute atomic E-state index is 5.73. The molecule has 0 spiro atoms. The van der Waals surface area contributed by atoms with Gasteiger partial charge in [-0.1, -0.05) is 6.07 Å². The van der Waals surface area contributed by atoms with E-state index in [4.69, 9.17) is 4.74 Å². The number of ether oxygens (including phenoxy) is 1. The van der Waals surface area contributed by atoms with Crippen LogP contribution in [-0.4, -0.2) is 24.7 Å². The first-order valence-corrected chi connectivity index (χ1v) is 5.61. The van der Waals surface area contributed by atoms with Gasteiger partial charge in [-0.05, 0) is 32.4 Å². The molecule has 1 fully saturated rings. The van der Waals surface area contributed by atoms with Crippen LogP contribution in [0.3, 0.4) is 0 Å². The van der Waals surface area contributed by atoms with Crippen molar-refractivity contribution in [3.63, 3.8) is 0 Å². The van der Waals surface area contributed by atoms with E-state index < -0.39 is 0 Å². The van der Waals surface area contributed by atoms with E-state index in [1.165, 1.54) is 12.8 Å². The van der Waals surface area contributed by atoms with Crippen molar-refractivity contribution in [2.45, 2.75) is 19.8 Å². The van der Waals surface area contributed by atoms with Crippen LogP contribution in [0, 0.1) is 12.8 Å². The third-order valence-electron chi connectivity index (χ3n) is 2.82. The van der Waals surface area contributed by atoms with Crippen LogP contribution < -0.4 is 10.1 Å². The molecular weight excluding hydrogens is 188 g/mol. The molecule has 0 aliphatic carbocycles. The highest BCUT2D eigenvalue weighted by atomic mass is 16.5. The Morgan fingerprint density at radius 2 is 2.53 bits per heavy atom. The van der Waals surface area contributed by atoms with Crippen LogP contribution in [0.1, 0.15) is 18.4 Å². The molecule has 2 heterocycles. The summed E-state index contributed by atoms with van der Waals surface area (Å²) in [5.41, 5.74) is 1.11. The lowest BCUT2D eigenvalue weighted by Crippen LogP contribution is -2.33. The molecule has 1 atom stereocenters. The lowest BCUT2D eigenvalue weighted by molar-refractivity contribution is 0.211. The molecule has 1 unspecified atom stereocenters. The van der Waals surface area contributed by atoms with Crippen molar-refractivity contribution in [3.05, 3.63) is 23.9 Å².